The largest absolute Gasteiger partial charge is 0.472 e. The zero-order valence-corrected chi connectivity index (χ0v) is 36.1. The van der Waals surface area contributed by atoms with Crippen molar-refractivity contribution >= 4 is 25.5 Å². The first-order valence-corrected chi connectivity index (χ1v) is 22.6. The molecule has 0 amide bonds. The van der Waals surface area contributed by atoms with Crippen LogP contribution in [0.15, 0.2) is 97.2 Å². The lowest BCUT2D eigenvalue weighted by Crippen LogP contribution is -2.29. The van der Waals surface area contributed by atoms with Crippen molar-refractivity contribution in [3.8, 4) is 0 Å². The number of unbranched alkanes of at least 4 members (excludes halogenated alkanes) is 7. The summed E-state index contributed by atoms with van der Waals surface area (Å²) in [5, 5.41) is 18.3. The summed E-state index contributed by atoms with van der Waals surface area (Å²) in [5.74, 6) is -0.950. The highest BCUT2D eigenvalue weighted by Crippen LogP contribution is 2.43. The monoisotopic (exact) mass is 832 g/mol. The number of hydrogen-bond donors (Lipinski definition) is 3. The fourth-order valence-corrected chi connectivity index (χ4v) is 5.66. The number of rotatable bonds is 38. The molecule has 3 atom stereocenters. The van der Waals surface area contributed by atoms with Crippen LogP contribution in [0.3, 0.4) is 0 Å². The minimum atomic E-state index is -4.67. The Morgan fingerprint density at radius 2 is 1.05 bits per heavy atom. The van der Waals surface area contributed by atoms with E-state index in [0.29, 0.717) is 32.1 Å². The summed E-state index contributed by atoms with van der Waals surface area (Å²) in [6.07, 6.45) is 45.1. The van der Waals surface area contributed by atoms with E-state index in [0.717, 1.165) is 57.8 Å². The molecule has 0 spiro atoms. The van der Waals surface area contributed by atoms with Gasteiger partial charge in [-0.3, -0.25) is 23.4 Å². The van der Waals surface area contributed by atoms with Gasteiger partial charge in [-0.1, -0.05) is 131 Å². The second kappa shape index (κ2) is 40.3. The summed E-state index contributed by atoms with van der Waals surface area (Å²) in [6, 6.07) is 0. The van der Waals surface area contributed by atoms with Gasteiger partial charge in [0.25, 0.3) is 0 Å². The van der Waals surface area contributed by atoms with Crippen molar-refractivity contribution in [3.63, 3.8) is 0 Å². The first-order valence-electron chi connectivity index (χ1n) is 21.1. The molecule has 0 rings (SSSR count). The molecule has 0 aromatic carbocycles. The molecule has 0 aliphatic heterocycles. The van der Waals surface area contributed by atoms with Crippen molar-refractivity contribution in [2.24, 2.45) is 0 Å². The fourth-order valence-electron chi connectivity index (χ4n) is 4.87. The number of esters is 2. The topological polar surface area (TPSA) is 166 Å². The van der Waals surface area contributed by atoms with Gasteiger partial charge in [-0.25, -0.2) is 4.57 Å². The lowest BCUT2D eigenvalue weighted by atomic mass is 10.1. The Morgan fingerprint density at radius 1 is 0.569 bits per heavy atom. The minimum absolute atomic E-state index is 0.0646. The van der Waals surface area contributed by atoms with Crippen molar-refractivity contribution in [1.29, 1.82) is 0 Å². The number of carbonyl (C=O) groups is 3. The number of ether oxygens (including phenoxy) is 2. The average molecular weight is 833 g/mol. The number of aliphatic hydroxyl groups is 2. The van der Waals surface area contributed by atoms with Crippen LogP contribution in [0, 0.1) is 0 Å². The quantitative estimate of drug-likeness (QED) is 0.0135. The molecule has 0 heterocycles. The van der Waals surface area contributed by atoms with E-state index in [1.54, 1.807) is 12.2 Å². The third kappa shape index (κ3) is 39.4. The molecule has 0 aliphatic carbocycles. The van der Waals surface area contributed by atoms with Crippen LogP contribution in [0.2, 0.25) is 0 Å². The molecule has 58 heavy (non-hydrogen) atoms. The van der Waals surface area contributed by atoms with Gasteiger partial charge >= 0.3 is 19.8 Å². The van der Waals surface area contributed by atoms with Crippen LogP contribution in [0.1, 0.15) is 136 Å². The zero-order chi connectivity index (χ0) is 42.8. The number of phosphoric ester groups is 1. The number of hydrogen-bond acceptors (Lipinski definition) is 10. The number of allylic oxidation sites excluding steroid dienone is 16. The van der Waals surface area contributed by atoms with Crippen LogP contribution in [0.25, 0.3) is 0 Å². The smallest absolute Gasteiger partial charge is 0.462 e. The molecule has 0 aromatic heterocycles. The molecule has 0 aliphatic rings. The molecular formula is C46H73O11P. The average Bonchev–Trinajstić information content (AvgIpc) is 3.20. The van der Waals surface area contributed by atoms with Gasteiger partial charge in [0.1, 0.15) is 12.7 Å². The molecule has 0 fully saturated rings. The molecule has 11 nitrogen and oxygen atoms in total. The van der Waals surface area contributed by atoms with Crippen molar-refractivity contribution in [1.82, 2.24) is 0 Å². The lowest BCUT2D eigenvalue weighted by molar-refractivity contribution is -0.161. The van der Waals surface area contributed by atoms with Gasteiger partial charge in [0.05, 0.1) is 19.8 Å². The van der Waals surface area contributed by atoms with Crippen molar-refractivity contribution in [2.75, 3.05) is 26.4 Å². The highest BCUT2D eigenvalue weighted by atomic mass is 31.2. The van der Waals surface area contributed by atoms with Crippen LogP contribution in [0.4, 0.5) is 0 Å². The van der Waals surface area contributed by atoms with E-state index >= 15 is 0 Å². The van der Waals surface area contributed by atoms with Gasteiger partial charge in [0.2, 0.25) is 0 Å². The lowest BCUT2D eigenvalue weighted by Gasteiger charge is -2.20. The van der Waals surface area contributed by atoms with Gasteiger partial charge in [-0.2, -0.15) is 0 Å². The van der Waals surface area contributed by atoms with E-state index in [1.165, 1.54) is 19.3 Å². The molecule has 328 valence electrons. The Kier molecular flexibility index (Phi) is 38.0. The first-order chi connectivity index (χ1) is 28.1. The van der Waals surface area contributed by atoms with Gasteiger partial charge in [0.15, 0.2) is 11.9 Å². The number of carbonyl (C=O) groups excluding carboxylic acids is 3. The van der Waals surface area contributed by atoms with Crippen LogP contribution in [-0.4, -0.2) is 71.5 Å². The molecule has 3 N–H and O–H groups in total. The zero-order valence-electron chi connectivity index (χ0n) is 35.2. The maximum atomic E-state index is 12.6. The van der Waals surface area contributed by atoms with Crippen LogP contribution in [0.5, 0.6) is 0 Å². The van der Waals surface area contributed by atoms with Gasteiger partial charge in [-0.15, -0.1) is 0 Å². The second-order valence-corrected chi connectivity index (χ2v) is 15.1. The van der Waals surface area contributed by atoms with E-state index in [9.17, 15) is 28.9 Å². The third-order valence-electron chi connectivity index (χ3n) is 8.19. The summed E-state index contributed by atoms with van der Waals surface area (Å²) in [4.78, 5) is 46.6. The van der Waals surface area contributed by atoms with Crippen molar-refractivity contribution in [3.05, 3.63) is 97.2 Å². The van der Waals surface area contributed by atoms with Gasteiger partial charge in [0, 0.05) is 19.3 Å². The standard InChI is InChI=1S/C46H73O11P/c1-3-5-7-8-9-10-11-12-13-14-15-16-19-22-25-28-32-36-45(50)54-40-44(41-56-58(52,53)55-39-43(49)38-47)57-46(51)37-33-29-26-23-20-17-18-21-24-27-31-35-42(48)34-30-6-4-2/h9-10,12-13,15-18,22-27,31,35,43-44,47,49H,3-8,11,14,19-21,28-30,32-34,36-41H2,1-2H3,(H,52,53)/b10-9-,13-12-,16-15-,18-17-,25-22-,26-23-,27-24-,35-31+/t43-,44+/m0/s1. The summed E-state index contributed by atoms with van der Waals surface area (Å²) in [7, 11) is -4.67. The molecular weight excluding hydrogens is 759 g/mol. The molecule has 12 heteroatoms. The van der Waals surface area contributed by atoms with Crippen molar-refractivity contribution in [2.45, 2.75) is 148 Å². The first kappa shape index (κ1) is 54.6. The fraction of sp³-hybridized carbons (Fsp3) is 0.587. The predicted octanol–water partition coefficient (Wildman–Crippen LogP) is 10.4. The highest BCUT2D eigenvalue weighted by Gasteiger charge is 2.27. The van der Waals surface area contributed by atoms with E-state index in [4.69, 9.17) is 19.1 Å². The van der Waals surface area contributed by atoms with Crippen molar-refractivity contribution < 1.29 is 52.6 Å². The second-order valence-electron chi connectivity index (χ2n) is 13.7. The Labute approximate surface area is 349 Å². The molecule has 1 unspecified atom stereocenters. The van der Waals surface area contributed by atoms with E-state index in [-0.39, 0.29) is 25.2 Å². The van der Waals surface area contributed by atoms with Crippen LogP contribution >= 0.6 is 7.82 Å². The SMILES string of the molecule is CCCCC/C=C\C/C=C\C/C=C\C/C=C\CCCC(=O)OC[C@H](COP(=O)(O)OC[C@@H](O)CO)OC(=O)CCC/C=C\C/C=C\C/C=C\C=C\C(=O)CCCCC. The Hall–Kier alpha value is -3.44. The molecule has 0 saturated carbocycles. The van der Waals surface area contributed by atoms with E-state index in [1.807, 2.05) is 48.6 Å². The Morgan fingerprint density at radius 3 is 1.60 bits per heavy atom. The van der Waals surface area contributed by atoms with E-state index < -0.39 is 51.8 Å². The van der Waals surface area contributed by atoms with Crippen LogP contribution < -0.4 is 0 Å². The summed E-state index contributed by atoms with van der Waals surface area (Å²) < 4.78 is 32.5. The predicted molar refractivity (Wildman–Crippen MR) is 233 cm³/mol. The third-order valence-corrected chi connectivity index (χ3v) is 9.14. The Bertz CT molecular complexity index is 1340. The summed E-state index contributed by atoms with van der Waals surface area (Å²) in [5.41, 5.74) is 0. The minimum Gasteiger partial charge on any atom is -0.462 e. The highest BCUT2D eigenvalue weighted by molar-refractivity contribution is 7.47. The van der Waals surface area contributed by atoms with Gasteiger partial charge in [-0.05, 0) is 83.1 Å². The van der Waals surface area contributed by atoms with Crippen LogP contribution in [-0.2, 0) is 37.5 Å². The summed E-state index contributed by atoms with van der Waals surface area (Å²) in [6.45, 7) is 2.01. The number of ketones is 1. The van der Waals surface area contributed by atoms with E-state index in [2.05, 4.69) is 54.8 Å². The molecule has 0 radical (unpaired) electrons. The maximum Gasteiger partial charge on any atom is 0.472 e. The van der Waals surface area contributed by atoms with Gasteiger partial charge < -0.3 is 24.6 Å². The normalized spacial score (nSPS) is 14.7. The number of aliphatic hydroxyl groups excluding tert-OH is 2. The summed E-state index contributed by atoms with van der Waals surface area (Å²) >= 11 is 0. The molecule has 0 saturated heterocycles. The molecule has 0 aromatic rings. The maximum absolute atomic E-state index is 12.6. The molecule has 0 bridgehead atoms. The number of phosphoric acid groups is 1. The Balaban J connectivity index is 4.57.